The Morgan fingerprint density at radius 1 is 1.44 bits per heavy atom. The van der Waals surface area contributed by atoms with Gasteiger partial charge in [0, 0.05) is 18.4 Å². The van der Waals surface area contributed by atoms with Crippen molar-refractivity contribution in [3.05, 3.63) is 23.8 Å². The van der Waals surface area contributed by atoms with Crippen molar-refractivity contribution in [3.8, 4) is 0 Å². The van der Waals surface area contributed by atoms with E-state index in [2.05, 4.69) is 0 Å². The fraction of sp³-hybridized carbons (Fsp3) is 0.692. The van der Waals surface area contributed by atoms with Crippen LogP contribution >= 0.6 is 0 Å². The molecule has 0 aromatic heterocycles. The molecule has 0 heterocycles. The van der Waals surface area contributed by atoms with E-state index in [1.54, 1.807) is 6.92 Å². The molecule has 0 spiro atoms. The van der Waals surface area contributed by atoms with Crippen LogP contribution in [0.1, 0.15) is 20.3 Å². The Morgan fingerprint density at radius 3 is 2.56 bits per heavy atom. The number of halogens is 3. The lowest BCUT2D eigenvalue weighted by Crippen LogP contribution is -2.27. The van der Waals surface area contributed by atoms with Gasteiger partial charge in [0.1, 0.15) is 0 Å². The van der Waals surface area contributed by atoms with Crippen LogP contribution in [0.25, 0.3) is 0 Å². The Kier molecular flexibility index (Phi) is 5.41. The zero-order valence-corrected chi connectivity index (χ0v) is 10.6. The molecule has 18 heavy (non-hydrogen) atoms. The summed E-state index contributed by atoms with van der Waals surface area (Å²) in [6, 6.07) is 0. The van der Waals surface area contributed by atoms with Gasteiger partial charge in [-0.1, -0.05) is 32.1 Å². The highest BCUT2D eigenvalue weighted by molar-refractivity contribution is 5.30. The second kappa shape index (κ2) is 6.38. The minimum absolute atomic E-state index is 0.0327. The Hall–Kier alpha value is -0.810. The van der Waals surface area contributed by atoms with E-state index in [1.165, 1.54) is 12.2 Å². The van der Waals surface area contributed by atoms with Crippen molar-refractivity contribution in [2.45, 2.75) is 32.5 Å². The predicted octanol–water partition coefficient (Wildman–Crippen LogP) is 3.08. The first kappa shape index (κ1) is 15.2. The molecule has 0 fully saturated rings. The lowest BCUT2D eigenvalue weighted by atomic mass is 9.94. The van der Waals surface area contributed by atoms with Crippen molar-refractivity contribution in [1.29, 1.82) is 0 Å². The summed E-state index contributed by atoms with van der Waals surface area (Å²) >= 11 is 0. The molecule has 1 aliphatic rings. The summed E-state index contributed by atoms with van der Waals surface area (Å²) in [5.74, 6) is -0.276. The molecule has 0 aliphatic heterocycles. The summed E-state index contributed by atoms with van der Waals surface area (Å²) in [6.07, 6.45) is -0.179. The normalized spacial score (nSPS) is 26.0. The van der Waals surface area contributed by atoms with Crippen molar-refractivity contribution in [2.24, 2.45) is 11.8 Å². The number of allylic oxidation sites excluding steroid dienone is 2. The predicted molar refractivity (Wildman–Crippen MR) is 63.0 cm³/mol. The van der Waals surface area contributed by atoms with Crippen molar-refractivity contribution < 1.29 is 23.0 Å². The molecular formula is C13H19F3O2. The highest BCUT2D eigenvalue weighted by atomic mass is 19.4. The van der Waals surface area contributed by atoms with E-state index in [-0.39, 0.29) is 24.5 Å². The van der Waals surface area contributed by atoms with Crippen LogP contribution in [0, 0.1) is 11.8 Å². The lowest BCUT2D eigenvalue weighted by molar-refractivity contribution is -0.0897. The Morgan fingerprint density at radius 2 is 2.11 bits per heavy atom. The smallest absolute Gasteiger partial charge is 0.396 e. The topological polar surface area (TPSA) is 29.5 Å². The summed E-state index contributed by atoms with van der Waals surface area (Å²) in [4.78, 5) is 0. The van der Waals surface area contributed by atoms with E-state index in [0.717, 1.165) is 12.5 Å². The van der Waals surface area contributed by atoms with Crippen molar-refractivity contribution in [2.75, 3.05) is 13.2 Å². The van der Waals surface area contributed by atoms with Gasteiger partial charge >= 0.3 is 6.18 Å². The molecule has 5 heteroatoms. The van der Waals surface area contributed by atoms with Gasteiger partial charge in [0.2, 0.25) is 0 Å². The molecule has 104 valence electrons. The van der Waals surface area contributed by atoms with Gasteiger partial charge in [-0.25, -0.2) is 0 Å². The molecule has 1 aliphatic carbocycles. The number of rotatable bonds is 5. The lowest BCUT2D eigenvalue weighted by Gasteiger charge is -2.25. The van der Waals surface area contributed by atoms with E-state index >= 15 is 0 Å². The van der Waals surface area contributed by atoms with Crippen molar-refractivity contribution in [1.82, 2.24) is 0 Å². The van der Waals surface area contributed by atoms with Crippen molar-refractivity contribution >= 4 is 0 Å². The Labute approximate surface area is 105 Å². The van der Waals surface area contributed by atoms with E-state index in [4.69, 9.17) is 9.84 Å². The molecule has 3 atom stereocenters. The van der Waals surface area contributed by atoms with Crippen LogP contribution in [0.3, 0.4) is 0 Å². The number of aliphatic hydroxyl groups excluding tert-OH is 1. The van der Waals surface area contributed by atoms with Gasteiger partial charge in [0.25, 0.3) is 0 Å². The zero-order chi connectivity index (χ0) is 13.8. The van der Waals surface area contributed by atoms with E-state index in [9.17, 15) is 13.2 Å². The van der Waals surface area contributed by atoms with Crippen LogP contribution in [0.4, 0.5) is 13.2 Å². The van der Waals surface area contributed by atoms with Gasteiger partial charge in [-0.15, -0.1) is 0 Å². The average Bonchev–Trinajstić information content (AvgIpc) is 2.30. The summed E-state index contributed by atoms with van der Waals surface area (Å²) in [7, 11) is 0. The van der Waals surface area contributed by atoms with Crippen LogP contribution in [-0.2, 0) is 4.74 Å². The molecule has 0 amide bonds. The second-order valence-corrected chi connectivity index (χ2v) is 4.59. The summed E-state index contributed by atoms with van der Waals surface area (Å²) in [6.45, 7) is 4.03. The van der Waals surface area contributed by atoms with Gasteiger partial charge in [0.15, 0.2) is 0 Å². The van der Waals surface area contributed by atoms with Crippen molar-refractivity contribution in [3.63, 3.8) is 0 Å². The molecule has 0 radical (unpaired) electrons. The minimum atomic E-state index is -4.30. The number of alkyl halides is 3. The molecule has 0 bridgehead atoms. The standard InChI is InChI=1S/C13H19F3O2/c1-3-10(7-17)8-18-12-5-4-11(6-9(12)2)13(14,15)16/h4-6,9-10,12,17H,3,7-8H2,1-2H3. The first-order valence-electron chi connectivity index (χ1n) is 6.08. The quantitative estimate of drug-likeness (QED) is 0.827. The van der Waals surface area contributed by atoms with E-state index < -0.39 is 11.7 Å². The number of aliphatic hydroxyl groups is 1. The van der Waals surface area contributed by atoms with E-state index in [0.29, 0.717) is 6.61 Å². The number of hydrogen-bond donors (Lipinski definition) is 1. The molecular weight excluding hydrogens is 245 g/mol. The molecule has 1 rings (SSSR count). The SMILES string of the molecule is CCC(CO)COC1C=CC(C(F)(F)F)=CC1C. The van der Waals surface area contributed by atoms with Gasteiger partial charge in [-0.05, 0) is 6.42 Å². The molecule has 0 saturated carbocycles. The van der Waals surface area contributed by atoms with Gasteiger partial charge in [-0.3, -0.25) is 0 Å². The van der Waals surface area contributed by atoms with Crippen LogP contribution in [-0.4, -0.2) is 30.6 Å². The molecule has 0 saturated heterocycles. The Balaban J connectivity index is 2.54. The molecule has 3 unspecified atom stereocenters. The third-order valence-corrected chi connectivity index (χ3v) is 3.11. The first-order valence-corrected chi connectivity index (χ1v) is 6.08. The monoisotopic (exact) mass is 264 g/mol. The molecule has 0 aromatic rings. The maximum atomic E-state index is 12.5. The summed E-state index contributed by atoms with van der Waals surface area (Å²) < 4.78 is 43.0. The maximum absolute atomic E-state index is 12.5. The van der Waals surface area contributed by atoms with E-state index in [1.807, 2.05) is 6.92 Å². The van der Waals surface area contributed by atoms with Crippen LogP contribution in [0.2, 0.25) is 0 Å². The van der Waals surface area contributed by atoms with Crippen LogP contribution < -0.4 is 0 Å². The fourth-order valence-corrected chi connectivity index (χ4v) is 1.75. The van der Waals surface area contributed by atoms with Gasteiger partial charge in [-0.2, -0.15) is 13.2 Å². The number of hydrogen-bond acceptors (Lipinski definition) is 2. The van der Waals surface area contributed by atoms with Gasteiger partial charge < -0.3 is 9.84 Å². The highest BCUT2D eigenvalue weighted by Crippen LogP contribution is 2.32. The van der Waals surface area contributed by atoms with Crippen LogP contribution in [0.5, 0.6) is 0 Å². The third kappa shape index (κ3) is 4.14. The second-order valence-electron chi connectivity index (χ2n) is 4.59. The fourth-order valence-electron chi connectivity index (χ4n) is 1.75. The Bertz CT molecular complexity index is 317. The molecule has 2 nitrogen and oxygen atoms in total. The minimum Gasteiger partial charge on any atom is -0.396 e. The van der Waals surface area contributed by atoms with Crippen LogP contribution in [0.15, 0.2) is 23.8 Å². The average molecular weight is 264 g/mol. The zero-order valence-electron chi connectivity index (χ0n) is 10.6. The first-order chi connectivity index (χ1) is 8.38. The summed E-state index contributed by atoms with van der Waals surface area (Å²) in [5.41, 5.74) is -0.621. The highest BCUT2D eigenvalue weighted by Gasteiger charge is 2.34. The molecule has 1 N–H and O–H groups in total. The summed E-state index contributed by atoms with van der Waals surface area (Å²) in [5, 5.41) is 9.01. The third-order valence-electron chi connectivity index (χ3n) is 3.11. The van der Waals surface area contributed by atoms with Gasteiger partial charge in [0.05, 0.1) is 18.3 Å². The largest absolute Gasteiger partial charge is 0.416 e. The number of ether oxygens (including phenoxy) is 1. The molecule has 0 aromatic carbocycles. The maximum Gasteiger partial charge on any atom is 0.416 e.